The van der Waals surface area contributed by atoms with Gasteiger partial charge in [0.1, 0.15) is 5.69 Å². The second-order valence-electron chi connectivity index (χ2n) is 4.87. The predicted octanol–water partition coefficient (Wildman–Crippen LogP) is 3.48. The van der Waals surface area contributed by atoms with Crippen molar-refractivity contribution in [2.24, 2.45) is 0 Å². The van der Waals surface area contributed by atoms with Crippen molar-refractivity contribution >= 4 is 17.5 Å². The molecule has 0 spiro atoms. The molecule has 2 aromatic heterocycles. The molecule has 130 valence electrons. The highest BCUT2D eigenvalue weighted by molar-refractivity contribution is 6.31. The van der Waals surface area contributed by atoms with Gasteiger partial charge in [-0.1, -0.05) is 22.8 Å². The molecule has 0 saturated carbocycles. The first-order chi connectivity index (χ1) is 11.9. The number of nitrogens with one attached hydrogen (secondary N) is 1. The lowest BCUT2D eigenvalue weighted by molar-refractivity contribution is -0.140. The summed E-state index contributed by atoms with van der Waals surface area (Å²) in [7, 11) is 0. The van der Waals surface area contributed by atoms with E-state index in [2.05, 4.69) is 25.8 Å². The monoisotopic (exact) mass is 372 g/mol. The van der Waals surface area contributed by atoms with Gasteiger partial charge in [0.05, 0.1) is 10.6 Å². The molecule has 3 aromatic rings. The molecule has 1 N–H and O–H groups in total. The second kappa shape index (κ2) is 6.63. The van der Waals surface area contributed by atoms with Crippen LogP contribution in [0.1, 0.15) is 11.1 Å². The Labute approximate surface area is 143 Å². The number of hydrogen-bond acceptors (Lipinski definition) is 5. The van der Waals surface area contributed by atoms with Crippen LogP contribution in [-0.2, 0) is 12.7 Å². The average Bonchev–Trinajstić information content (AvgIpc) is 3.01. The number of tetrazole rings is 1. The zero-order valence-corrected chi connectivity index (χ0v) is 13.1. The highest BCUT2D eigenvalue weighted by Crippen LogP contribution is 2.33. The lowest BCUT2D eigenvalue weighted by Crippen LogP contribution is -2.13. The Morgan fingerprint density at radius 3 is 2.72 bits per heavy atom. The van der Waals surface area contributed by atoms with Crippen LogP contribution < -0.4 is 5.32 Å². The summed E-state index contributed by atoms with van der Waals surface area (Å²) in [4.78, 5) is 3.84. The van der Waals surface area contributed by atoms with Crippen molar-refractivity contribution in [2.45, 2.75) is 12.7 Å². The van der Waals surface area contributed by atoms with E-state index in [0.717, 1.165) is 16.8 Å². The molecule has 0 radical (unpaired) electrons. The third kappa shape index (κ3) is 3.53. The van der Waals surface area contributed by atoms with Gasteiger partial charge in [0.25, 0.3) is 0 Å². The Morgan fingerprint density at radius 1 is 1.20 bits per heavy atom. The molecule has 6 nitrogen and oxygen atoms in total. The quantitative estimate of drug-likeness (QED) is 0.710. The summed E-state index contributed by atoms with van der Waals surface area (Å²) in [5.41, 5.74) is -1.16. The first kappa shape index (κ1) is 17.1. The number of anilines is 1. The van der Waals surface area contributed by atoms with Gasteiger partial charge in [-0.05, 0) is 34.2 Å². The molecule has 0 unspecified atom stereocenters. The van der Waals surface area contributed by atoms with Crippen LogP contribution in [0.4, 0.5) is 23.5 Å². The number of halogens is 5. The highest BCUT2D eigenvalue weighted by atomic mass is 35.5. The van der Waals surface area contributed by atoms with Crippen LogP contribution in [0.5, 0.6) is 0 Å². The maximum absolute atomic E-state index is 14.2. The van der Waals surface area contributed by atoms with Crippen molar-refractivity contribution < 1.29 is 17.6 Å². The maximum atomic E-state index is 14.2. The summed E-state index contributed by atoms with van der Waals surface area (Å²) in [5.74, 6) is -1.50. The molecule has 0 fully saturated rings. The standard InChI is InChI=1S/C14H9ClF4N6/c15-10-7-20-5-4-8(10)6-21-13-22-23-24-25(13)11-3-1-2-9(12(11)16)14(17,18)19/h1-5,7H,6H2,(H,21,22,24). The largest absolute Gasteiger partial charge is 0.419 e. The van der Waals surface area contributed by atoms with E-state index < -0.39 is 23.2 Å². The third-order valence-electron chi connectivity index (χ3n) is 3.27. The molecule has 0 atom stereocenters. The van der Waals surface area contributed by atoms with E-state index in [-0.39, 0.29) is 12.5 Å². The van der Waals surface area contributed by atoms with Crippen molar-refractivity contribution in [1.82, 2.24) is 25.2 Å². The Kier molecular flexibility index (Phi) is 4.53. The molecule has 0 aliphatic heterocycles. The van der Waals surface area contributed by atoms with Gasteiger partial charge < -0.3 is 5.32 Å². The van der Waals surface area contributed by atoms with Gasteiger partial charge >= 0.3 is 6.18 Å². The summed E-state index contributed by atoms with van der Waals surface area (Å²) in [5, 5.41) is 13.8. The van der Waals surface area contributed by atoms with Crippen molar-refractivity contribution in [1.29, 1.82) is 0 Å². The van der Waals surface area contributed by atoms with Gasteiger partial charge in [-0.25, -0.2) is 4.39 Å². The Bertz CT molecular complexity index is 895. The summed E-state index contributed by atoms with van der Waals surface area (Å²) in [6.45, 7) is 0.169. The molecule has 1 aromatic carbocycles. The van der Waals surface area contributed by atoms with Crippen molar-refractivity contribution in [3.8, 4) is 5.69 Å². The number of nitrogens with zero attached hydrogens (tertiary/aromatic N) is 5. The first-order valence-electron chi connectivity index (χ1n) is 6.84. The molecule has 0 saturated heterocycles. The normalized spacial score (nSPS) is 11.6. The number of pyridine rings is 1. The summed E-state index contributed by atoms with van der Waals surface area (Å²) in [6, 6.07) is 4.51. The number of rotatable bonds is 4. The zero-order valence-electron chi connectivity index (χ0n) is 12.3. The number of alkyl halides is 3. The average molecular weight is 373 g/mol. The number of hydrogen-bond donors (Lipinski definition) is 1. The molecule has 3 rings (SSSR count). The van der Waals surface area contributed by atoms with Gasteiger partial charge in [0.2, 0.25) is 5.95 Å². The minimum atomic E-state index is -4.83. The predicted molar refractivity (Wildman–Crippen MR) is 80.7 cm³/mol. The van der Waals surface area contributed by atoms with E-state index in [1.165, 1.54) is 12.4 Å². The third-order valence-corrected chi connectivity index (χ3v) is 3.62. The van der Waals surface area contributed by atoms with Crippen LogP contribution in [0.15, 0.2) is 36.7 Å². The van der Waals surface area contributed by atoms with Crippen molar-refractivity contribution in [3.05, 3.63) is 58.6 Å². The SMILES string of the molecule is Fc1c(-n2nnnc2NCc2ccncc2Cl)cccc1C(F)(F)F. The van der Waals surface area contributed by atoms with Gasteiger partial charge in [-0.2, -0.15) is 17.9 Å². The molecule has 2 heterocycles. The maximum Gasteiger partial charge on any atom is 0.419 e. The van der Waals surface area contributed by atoms with E-state index in [4.69, 9.17) is 11.6 Å². The van der Waals surface area contributed by atoms with E-state index in [1.807, 2.05) is 0 Å². The fraction of sp³-hybridized carbons (Fsp3) is 0.143. The van der Waals surface area contributed by atoms with Crippen LogP contribution in [0.25, 0.3) is 5.69 Å². The first-order valence-corrected chi connectivity index (χ1v) is 7.22. The molecule has 25 heavy (non-hydrogen) atoms. The Balaban J connectivity index is 1.91. The van der Waals surface area contributed by atoms with E-state index in [1.54, 1.807) is 6.07 Å². The molecule has 0 aliphatic carbocycles. The number of aromatic nitrogens is 5. The van der Waals surface area contributed by atoms with Gasteiger partial charge in [-0.15, -0.1) is 0 Å². The lowest BCUT2D eigenvalue weighted by atomic mass is 10.2. The summed E-state index contributed by atoms with van der Waals surface area (Å²) < 4.78 is 53.6. The fourth-order valence-corrected chi connectivity index (χ4v) is 2.27. The molecule has 11 heteroatoms. The van der Waals surface area contributed by atoms with Crippen LogP contribution in [0.3, 0.4) is 0 Å². The highest BCUT2D eigenvalue weighted by Gasteiger charge is 2.35. The van der Waals surface area contributed by atoms with Crippen LogP contribution in [0, 0.1) is 5.82 Å². The molecule has 0 bridgehead atoms. The van der Waals surface area contributed by atoms with Gasteiger partial charge in [0.15, 0.2) is 5.82 Å². The Morgan fingerprint density at radius 2 is 2.00 bits per heavy atom. The lowest BCUT2D eigenvalue weighted by Gasteiger charge is -2.12. The second-order valence-corrected chi connectivity index (χ2v) is 5.28. The molecular weight excluding hydrogens is 364 g/mol. The summed E-state index contributed by atoms with van der Waals surface area (Å²) >= 11 is 5.97. The molecule has 0 amide bonds. The summed E-state index contributed by atoms with van der Waals surface area (Å²) in [6.07, 6.45) is -1.86. The Hall–Kier alpha value is -2.75. The van der Waals surface area contributed by atoms with E-state index >= 15 is 0 Å². The van der Waals surface area contributed by atoms with Crippen LogP contribution >= 0.6 is 11.6 Å². The van der Waals surface area contributed by atoms with Crippen molar-refractivity contribution in [3.63, 3.8) is 0 Å². The van der Waals surface area contributed by atoms with E-state index in [0.29, 0.717) is 16.7 Å². The minimum Gasteiger partial charge on any atom is -0.349 e. The van der Waals surface area contributed by atoms with Crippen molar-refractivity contribution in [2.75, 3.05) is 5.32 Å². The smallest absolute Gasteiger partial charge is 0.349 e. The van der Waals surface area contributed by atoms with Gasteiger partial charge in [-0.3, -0.25) is 4.98 Å². The van der Waals surface area contributed by atoms with E-state index in [9.17, 15) is 17.6 Å². The zero-order chi connectivity index (χ0) is 18.0. The molecule has 0 aliphatic rings. The number of benzene rings is 1. The minimum absolute atomic E-state index is 0.0360. The fourth-order valence-electron chi connectivity index (χ4n) is 2.08. The van der Waals surface area contributed by atoms with Crippen LogP contribution in [-0.4, -0.2) is 25.2 Å². The molecular formula is C14H9ClF4N6. The van der Waals surface area contributed by atoms with Crippen LogP contribution in [0.2, 0.25) is 5.02 Å². The topological polar surface area (TPSA) is 68.5 Å². The van der Waals surface area contributed by atoms with Gasteiger partial charge in [0, 0.05) is 18.9 Å².